The Morgan fingerprint density at radius 3 is 2.32 bits per heavy atom. The van der Waals surface area contributed by atoms with Crippen LogP contribution < -0.4 is 25.4 Å². The summed E-state index contributed by atoms with van der Waals surface area (Å²) >= 11 is 0. The van der Waals surface area contributed by atoms with Crippen molar-refractivity contribution in [2.75, 3.05) is 38.7 Å². The molecular weight excluding hydrogens is 364 g/mol. The third-order valence-corrected chi connectivity index (χ3v) is 3.83. The highest BCUT2D eigenvalue weighted by atomic mass is 16.5. The molecule has 0 spiro atoms. The van der Waals surface area contributed by atoms with Gasteiger partial charge in [0.1, 0.15) is 0 Å². The fourth-order valence-electron chi connectivity index (χ4n) is 2.31. The Hall–Kier alpha value is -2.81. The Bertz CT molecular complexity index is 680. The number of nitrogens with one attached hydrogen (secondary N) is 3. The molecule has 1 aromatic rings. The van der Waals surface area contributed by atoms with Crippen LogP contribution >= 0.6 is 0 Å². The van der Waals surface area contributed by atoms with Crippen molar-refractivity contribution in [3.63, 3.8) is 0 Å². The van der Waals surface area contributed by atoms with Crippen molar-refractivity contribution in [2.45, 2.75) is 33.7 Å². The zero-order valence-electron chi connectivity index (χ0n) is 17.1. The summed E-state index contributed by atoms with van der Waals surface area (Å²) in [6.07, 6.45) is 0. The molecule has 0 saturated carbocycles. The van der Waals surface area contributed by atoms with E-state index in [1.165, 1.54) is 0 Å². The summed E-state index contributed by atoms with van der Waals surface area (Å²) < 4.78 is 11.0. The maximum absolute atomic E-state index is 12.3. The number of hydrogen-bond donors (Lipinski definition) is 3. The topological polar surface area (TPSA) is 109 Å². The molecule has 9 heteroatoms. The minimum absolute atomic E-state index is 0.0266. The maximum atomic E-state index is 12.3. The number of carbonyl (C=O) groups excluding carboxylic acids is 3. The Kier molecular flexibility index (Phi) is 9.80. The lowest BCUT2D eigenvalue weighted by Gasteiger charge is -2.23. The van der Waals surface area contributed by atoms with E-state index < -0.39 is 18.0 Å². The molecule has 1 aromatic carbocycles. The molecule has 0 aliphatic carbocycles. The standard InChI is InChI=1S/C19H30N4O5/c1-6-20-19(26)22-18(25)13(4)23(5)12-17(24)21-14-9-10-15(27-7-2)16(11-14)28-8-3/h9-11,13H,6-8,12H2,1-5H3,(H,21,24)(H2,20,22,25,26). The third-order valence-electron chi connectivity index (χ3n) is 3.83. The average molecular weight is 394 g/mol. The smallest absolute Gasteiger partial charge is 0.321 e. The van der Waals surface area contributed by atoms with Gasteiger partial charge in [0.25, 0.3) is 0 Å². The molecule has 0 aliphatic heterocycles. The molecule has 0 saturated heterocycles. The molecule has 9 nitrogen and oxygen atoms in total. The number of rotatable bonds is 10. The molecule has 0 heterocycles. The van der Waals surface area contributed by atoms with Crippen LogP contribution in [0.5, 0.6) is 11.5 Å². The van der Waals surface area contributed by atoms with Crippen molar-refractivity contribution < 1.29 is 23.9 Å². The van der Waals surface area contributed by atoms with Gasteiger partial charge in [-0.3, -0.25) is 19.8 Å². The van der Waals surface area contributed by atoms with Crippen LogP contribution in [0.2, 0.25) is 0 Å². The Morgan fingerprint density at radius 1 is 1.07 bits per heavy atom. The SMILES string of the molecule is CCNC(=O)NC(=O)C(C)N(C)CC(=O)Nc1ccc(OCC)c(OCC)c1. The van der Waals surface area contributed by atoms with Crippen LogP contribution in [0.1, 0.15) is 27.7 Å². The highest BCUT2D eigenvalue weighted by molar-refractivity contribution is 5.97. The van der Waals surface area contributed by atoms with Gasteiger partial charge in [-0.2, -0.15) is 0 Å². The highest BCUT2D eigenvalue weighted by Gasteiger charge is 2.21. The molecule has 0 aromatic heterocycles. The first-order valence-electron chi connectivity index (χ1n) is 9.30. The van der Waals surface area contributed by atoms with E-state index in [2.05, 4.69) is 16.0 Å². The van der Waals surface area contributed by atoms with E-state index in [9.17, 15) is 14.4 Å². The minimum atomic E-state index is -0.660. The first-order valence-corrected chi connectivity index (χ1v) is 9.30. The number of nitrogens with zero attached hydrogens (tertiary/aromatic N) is 1. The van der Waals surface area contributed by atoms with Crippen molar-refractivity contribution >= 4 is 23.5 Å². The predicted octanol–water partition coefficient (Wildman–Crippen LogP) is 1.59. The van der Waals surface area contributed by atoms with Crippen molar-refractivity contribution in [2.24, 2.45) is 0 Å². The predicted molar refractivity (Wildman–Crippen MR) is 107 cm³/mol. The fourth-order valence-corrected chi connectivity index (χ4v) is 2.31. The van der Waals surface area contributed by atoms with E-state index in [4.69, 9.17) is 9.47 Å². The lowest BCUT2D eigenvalue weighted by atomic mass is 10.2. The summed E-state index contributed by atoms with van der Waals surface area (Å²) in [5.74, 6) is 0.369. The summed E-state index contributed by atoms with van der Waals surface area (Å²) in [6, 6.07) is 3.92. The van der Waals surface area contributed by atoms with Crippen LogP contribution in [0, 0.1) is 0 Å². The maximum Gasteiger partial charge on any atom is 0.321 e. The Balaban J connectivity index is 2.66. The van der Waals surface area contributed by atoms with Crippen molar-refractivity contribution in [1.82, 2.24) is 15.5 Å². The number of imide groups is 1. The van der Waals surface area contributed by atoms with Gasteiger partial charge in [-0.15, -0.1) is 0 Å². The molecule has 156 valence electrons. The number of carbonyl (C=O) groups is 3. The molecule has 0 aliphatic rings. The van der Waals surface area contributed by atoms with E-state index >= 15 is 0 Å². The number of amides is 4. The van der Waals surface area contributed by atoms with Crippen molar-refractivity contribution in [1.29, 1.82) is 0 Å². The van der Waals surface area contributed by atoms with Crippen molar-refractivity contribution in [3.8, 4) is 11.5 Å². The van der Waals surface area contributed by atoms with Gasteiger partial charge in [0, 0.05) is 18.3 Å². The van der Waals surface area contributed by atoms with Gasteiger partial charge in [0.15, 0.2) is 11.5 Å². The van der Waals surface area contributed by atoms with Crippen LogP contribution in [0.4, 0.5) is 10.5 Å². The van der Waals surface area contributed by atoms with Gasteiger partial charge in [-0.25, -0.2) is 4.79 Å². The van der Waals surface area contributed by atoms with Crippen LogP contribution in [-0.2, 0) is 9.59 Å². The second kappa shape index (κ2) is 11.8. The van der Waals surface area contributed by atoms with Crippen molar-refractivity contribution in [3.05, 3.63) is 18.2 Å². The summed E-state index contributed by atoms with van der Waals surface area (Å²) in [4.78, 5) is 37.4. The van der Waals surface area contributed by atoms with E-state index in [0.29, 0.717) is 36.9 Å². The van der Waals surface area contributed by atoms with E-state index in [0.717, 1.165) is 0 Å². The van der Waals surface area contributed by atoms with Crippen LogP contribution in [0.15, 0.2) is 18.2 Å². The van der Waals surface area contributed by atoms with Crippen LogP contribution in [-0.4, -0.2) is 62.1 Å². The molecule has 1 atom stereocenters. The lowest BCUT2D eigenvalue weighted by molar-refractivity contribution is -0.125. The lowest BCUT2D eigenvalue weighted by Crippen LogP contribution is -2.49. The third kappa shape index (κ3) is 7.43. The normalized spacial score (nSPS) is 11.5. The van der Waals surface area contributed by atoms with Gasteiger partial charge in [-0.05, 0) is 46.9 Å². The molecule has 3 N–H and O–H groups in total. The Labute approximate surface area is 165 Å². The van der Waals surface area contributed by atoms with Gasteiger partial charge >= 0.3 is 6.03 Å². The first kappa shape index (κ1) is 23.2. The number of anilines is 1. The monoisotopic (exact) mass is 394 g/mol. The number of hydrogen-bond acceptors (Lipinski definition) is 6. The second-order valence-electron chi connectivity index (χ2n) is 6.02. The summed E-state index contributed by atoms with van der Waals surface area (Å²) in [5, 5.41) is 7.48. The molecule has 28 heavy (non-hydrogen) atoms. The van der Waals surface area contributed by atoms with Crippen LogP contribution in [0.25, 0.3) is 0 Å². The molecule has 1 unspecified atom stereocenters. The average Bonchev–Trinajstić information content (AvgIpc) is 2.63. The summed E-state index contributed by atoms with van der Waals surface area (Å²) in [6.45, 7) is 8.48. The molecule has 0 fully saturated rings. The van der Waals surface area contributed by atoms with Gasteiger partial charge in [0.05, 0.1) is 25.8 Å². The quantitative estimate of drug-likeness (QED) is 0.556. The fraction of sp³-hybridized carbons (Fsp3) is 0.526. The van der Waals surface area contributed by atoms with Gasteiger partial charge in [0.2, 0.25) is 11.8 Å². The summed E-state index contributed by atoms with van der Waals surface area (Å²) in [5.41, 5.74) is 0.560. The highest BCUT2D eigenvalue weighted by Crippen LogP contribution is 2.30. The van der Waals surface area contributed by atoms with Gasteiger partial charge in [-0.1, -0.05) is 0 Å². The zero-order chi connectivity index (χ0) is 21.1. The zero-order valence-corrected chi connectivity index (χ0v) is 17.1. The van der Waals surface area contributed by atoms with E-state index in [1.807, 2.05) is 13.8 Å². The largest absolute Gasteiger partial charge is 0.490 e. The molecule has 1 rings (SSSR count). The Morgan fingerprint density at radius 2 is 1.71 bits per heavy atom. The number of urea groups is 1. The first-order chi connectivity index (χ1) is 13.3. The van der Waals surface area contributed by atoms with Gasteiger partial charge < -0.3 is 20.1 Å². The van der Waals surface area contributed by atoms with E-state index in [-0.39, 0.29) is 12.5 Å². The molecule has 0 bridgehead atoms. The van der Waals surface area contributed by atoms with Crippen LogP contribution in [0.3, 0.4) is 0 Å². The number of ether oxygens (including phenoxy) is 2. The summed E-state index contributed by atoms with van der Waals surface area (Å²) in [7, 11) is 1.63. The number of benzene rings is 1. The molecular formula is C19H30N4O5. The number of likely N-dealkylation sites (N-methyl/N-ethyl adjacent to an activating group) is 1. The van der Waals surface area contributed by atoms with E-state index in [1.54, 1.807) is 44.0 Å². The molecule has 4 amide bonds. The molecule has 0 radical (unpaired) electrons. The second-order valence-corrected chi connectivity index (χ2v) is 6.02. The minimum Gasteiger partial charge on any atom is -0.490 e.